The van der Waals surface area contributed by atoms with Crippen LogP contribution in [0.15, 0.2) is 18.3 Å². The van der Waals surface area contributed by atoms with Gasteiger partial charge in [-0.15, -0.1) is 0 Å². The van der Waals surface area contributed by atoms with Crippen molar-refractivity contribution in [2.75, 3.05) is 20.6 Å². The number of likely N-dealkylation sites (tertiary alicyclic amines) is 1. The smallest absolute Gasteiger partial charge is 0.270 e. The van der Waals surface area contributed by atoms with E-state index in [9.17, 15) is 9.59 Å². The number of aryl methyl sites for hydroxylation is 1. The first-order valence-corrected chi connectivity index (χ1v) is 7.65. The Morgan fingerprint density at radius 1 is 1.36 bits per heavy atom. The largest absolute Gasteiger partial charge is 0.359 e. The lowest BCUT2D eigenvalue weighted by Crippen LogP contribution is -2.42. The van der Waals surface area contributed by atoms with E-state index in [-0.39, 0.29) is 23.9 Å². The van der Waals surface area contributed by atoms with Crippen LogP contribution >= 0.6 is 0 Å². The molecule has 2 amide bonds. The number of likely N-dealkylation sites (N-methyl/N-ethyl adjacent to an activating group) is 1. The van der Waals surface area contributed by atoms with Gasteiger partial charge in [0.25, 0.3) is 5.91 Å². The molecule has 6 heteroatoms. The number of aromatic nitrogens is 1. The molecular formula is C16H24N4O2. The second kappa shape index (κ2) is 7.35. The number of hydrogen-bond acceptors (Lipinski definition) is 4. The van der Waals surface area contributed by atoms with Crippen LogP contribution in [-0.2, 0) is 4.79 Å². The minimum Gasteiger partial charge on any atom is -0.359 e. The Morgan fingerprint density at radius 3 is 2.77 bits per heavy atom. The van der Waals surface area contributed by atoms with Crippen molar-refractivity contribution >= 4 is 11.8 Å². The molecule has 22 heavy (non-hydrogen) atoms. The number of carbonyl (C=O) groups is 2. The van der Waals surface area contributed by atoms with E-state index in [1.165, 1.54) is 0 Å². The van der Waals surface area contributed by atoms with Crippen LogP contribution in [0.4, 0.5) is 0 Å². The first kappa shape index (κ1) is 16.4. The zero-order valence-corrected chi connectivity index (χ0v) is 13.4. The standard InChI is InChI=1S/C16H24N4O2/c1-11-5-4-8-18-15(11)16(22)19-10-13-7-6-12(20(13)3)9-14(21)17-2/h4-5,8,12-13H,6-7,9-10H2,1-3H3,(H,17,21)(H,19,22)/t12-,13+/m1/s1. The summed E-state index contributed by atoms with van der Waals surface area (Å²) in [5.74, 6) is -0.0769. The average Bonchev–Trinajstić information content (AvgIpc) is 2.85. The first-order chi connectivity index (χ1) is 10.5. The molecule has 2 heterocycles. The summed E-state index contributed by atoms with van der Waals surface area (Å²) in [6, 6.07) is 4.21. The molecule has 1 fully saturated rings. The number of hydrogen-bond donors (Lipinski definition) is 2. The van der Waals surface area contributed by atoms with Gasteiger partial charge >= 0.3 is 0 Å². The number of pyridine rings is 1. The Morgan fingerprint density at radius 2 is 2.09 bits per heavy atom. The van der Waals surface area contributed by atoms with E-state index in [1.54, 1.807) is 13.2 Å². The minimum atomic E-state index is -0.138. The molecule has 2 N–H and O–H groups in total. The van der Waals surface area contributed by atoms with Gasteiger partial charge in [-0.2, -0.15) is 0 Å². The first-order valence-electron chi connectivity index (χ1n) is 7.65. The highest BCUT2D eigenvalue weighted by molar-refractivity contribution is 5.93. The highest BCUT2D eigenvalue weighted by Gasteiger charge is 2.31. The van der Waals surface area contributed by atoms with E-state index in [1.807, 2.05) is 26.1 Å². The molecular weight excluding hydrogens is 280 g/mol. The summed E-state index contributed by atoms with van der Waals surface area (Å²) in [6.45, 7) is 2.46. The fourth-order valence-corrected chi connectivity index (χ4v) is 2.92. The van der Waals surface area contributed by atoms with Crippen molar-refractivity contribution in [3.63, 3.8) is 0 Å². The van der Waals surface area contributed by atoms with Crippen LogP contribution in [0, 0.1) is 6.92 Å². The van der Waals surface area contributed by atoms with Crippen LogP contribution < -0.4 is 10.6 Å². The van der Waals surface area contributed by atoms with Crippen molar-refractivity contribution in [1.29, 1.82) is 0 Å². The Bertz CT molecular complexity index is 547. The number of rotatable bonds is 5. The second-order valence-electron chi connectivity index (χ2n) is 5.81. The predicted molar refractivity (Wildman–Crippen MR) is 84.6 cm³/mol. The van der Waals surface area contributed by atoms with Crippen molar-refractivity contribution < 1.29 is 9.59 Å². The molecule has 1 aliphatic heterocycles. The number of carbonyl (C=O) groups excluding carboxylic acids is 2. The fraction of sp³-hybridized carbons (Fsp3) is 0.562. The van der Waals surface area contributed by atoms with Crippen molar-refractivity contribution in [1.82, 2.24) is 20.5 Å². The molecule has 2 rings (SSSR count). The average molecular weight is 304 g/mol. The third-order valence-electron chi connectivity index (χ3n) is 4.41. The van der Waals surface area contributed by atoms with E-state index in [0.29, 0.717) is 18.7 Å². The van der Waals surface area contributed by atoms with Gasteiger partial charge in [-0.25, -0.2) is 0 Å². The van der Waals surface area contributed by atoms with Crippen LogP contribution in [-0.4, -0.2) is 54.4 Å². The zero-order valence-electron chi connectivity index (χ0n) is 13.4. The summed E-state index contributed by atoms with van der Waals surface area (Å²) >= 11 is 0. The lowest BCUT2D eigenvalue weighted by Gasteiger charge is -2.25. The number of nitrogens with zero attached hydrogens (tertiary/aromatic N) is 2. The molecule has 1 aromatic heterocycles. The molecule has 0 saturated carbocycles. The van der Waals surface area contributed by atoms with Crippen LogP contribution in [0.1, 0.15) is 35.3 Å². The van der Waals surface area contributed by atoms with Gasteiger partial charge < -0.3 is 10.6 Å². The minimum absolute atomic E-state index is 0.0608. The molecule has 0 bridgehead atoms. The van der Waals surface area contributed by atoms with E-state index >= 15 is 0 Å². The SMILES string of the molecule is CNC(=O)C[C@H]1CC[C@@H](CNC(=O)c2ncccc2C)N1C. The summed E-state index contributed by atoms with van der Waals surface area (Å²) in [6.07, 6.45) is 4.10. The second-order valence-corrected chi connectivity index (χ2v) is 5.81. The van der Waals surface area contributed by atoms with Gasteiger partial charge in [-0.1, -0.05) is 6.07 Å². The highest BCUT2D eigenvalue weighted by Crippen LogP contribution is 2.24. The predicted octanol–water partition coefficient (Wildman–Crippen LogP) is 0.719. The van der Waals surface area contributed by atoms with Gasteiger partial charge in [0, 0.05) is 38.3 Å². The van der Waals surface area contributed by atoms with Crippen molar-refractivity contribution in [3.05, 3.63) is 29.6 Å². The van der Waals surface area contributed by atoms with E-state index < -0.39 is 0 Å². The maximum Gasteiger partial charge on any atom is 0.270 e. The Labute approximate surface area is 131 Å². The molecule has 6 nitrogen and oxygen atoms in total. The summed E-state index contributed by atoms with van der Waals surface area (Å²) in [5, 5.41) is 5.62. The van der Waals surface area contributed by atoms with Gasteiger partial charge in [0.05, 0.1) is 0 Å². The van der Waals surface area contributed by atoms with Crippen LogP contribution in [0.25, 0.3) is 0 Å². The molecule has 0 unspecified atom stereocenters. The Balaban J connectivity index is 1.86. The van der Waals surface area contributed by atoms with E-state index in [0.717, 1.165) is 18.4 Å². The van der Waals surface area contributed by atoms with Gasteiger partial charge in [-0.05, 0) is 38.4 Å². The highest BCUT2D eigenvalue weighted by atomic mass is 16.2. The molecule has 1 aliphatic rings. The maximum atomic E-state index is 12.2. The van der Waals surface area contributed by atoms with Crippen LogP contribution in [0.5, 0.6) is 0 Å². The van der Waals surface area contributed by atoms with Gasteiger partial charge in [0.15, 0.2) is 0 Å². The zero-order chi connectivity index (χ0) is 16.1. The Hall–Kier alpha value is -1.95. The Kier molecular flexibility index (Phi) is 5.49. The van der Waals surface area contributed by atoms with Crippen molar-refractivity contribution in [2.45, 2.75) is 38.3 Å². The third-order valence-corrected chi connectivity index (χ3v) is 4.41. The van der Waals surface area contributed by atoms with Crippen molar-refractivity contribution in [2.24, 2.45) is 0 Å². The van der Waals surface area contributed by atoms with E-state index in [2.05, 4.69) is 20.5 Å². The molecule has 0 radical (unpaired) electrons. The fourth-order valence-electron chi connectivity index (χ4n) is 2.92. The summed E-state index contributed by atoms with van der Waals surface area (Å²) in [7, 11) is 3.67. The summed E-state index contributed by atoms with van der Waals surface area (Å²) < 4.78 is 0. The monoisotopic (exact) mass is 304 g/mol. The normalized spacial score (nSPS) is 21.6. The number of nitrogens with one attached hydrogen (secondary N) is 2. The van der Waals surface area contributed by atoms with Crippen LogP contribution in [0.3, 0.4) is 0 Å². The van der Waals surface area contributed by atoms with Crippen LogP contribution in [0.2, 0.25) is 0 Å². The molecule has 2 atom stereocenters. The molecule has 120 valence electrons. The third kappa shape index (κ3) is 3.82. The number of amides is 2. The molecule has 0 aromatic carbocycles. The molecule has 1 aromatic rings. The lowest BCUT2D eigenvalue weighted by atomic mass is 10.1. The van der Waals surface area contributed by atoms with Gasteiger partial charge in [0.2, 0.25) is 5.91 Å². The topological polar surface area (TPSA) is 74.3 Å². The van der Waals surface area contributed by atoms with Crippen molar-refractivity contribution in [3.8, 4) is 0 Å². The summed E-state index contributed by atoms with van der Waals surface area (Å²) in [5.41, 5.74) is 1.35. The lowest BCUT2D eigenvalue weighted by molar-refractivity contribution is -0.121. The van der Waals surface area contributed by atoms with Gasteiger partial charge in [-0.3, -0.25) is 19.5 Å². The molecule has 0 spiro atoms. The van der Waals surface area contributed by atoms with E-state index in [4.69, 9.17) is 0 Å². The molecule has 1 saturated heterocycles. The van der Waals surface area contributed by atoms with Gasteiger partial charge in [0.1, 0.15) is 5.69 Å². The molecule has 0 aliphatic carbocycles. The summed E-state index contributed by atoms with van der Waals surface area (Å²) in [4.78, 5) is 30.0. The maximum absolute atomic E-state index is 12.2. The quantitative estimate of drug-likeness (QED) is 0.840.